The quantitative estimate of drug-likeness (QED) is 0.329. The van der Waals surface area contributed by atoms with Crippen molar-refractivity contribution < 1.29 is 19.1 Å². The Morgan fingerprint density at radius 2 is 1.50 bits per heavy atom. The fourth-order valence-corrected chi connectivity index (χ4v) is 4.72. The van der Waals surface area contributed by atoms with E-state index in [4.69, 9.17) is 4.74 Å². The van der Waals surface area contributed by atoms with Crippen molar-refractivity contribution in [2.75, 3.05) is 0 Å². The molecule has 0 radical (unpaired) electrons. The third kappa shape index (κ3) is 9.68. The molecule has 0 aliphatic carbocycles. The number of alkyl carbamates (subject to hydrolysis) is 1. The minimum absolute atomic E-state index is 0.113. The second-order valence-electron chi connectivity index (χ2n) is 12.7. The summed E-state index contributed by atoms with van der Waals surface area (Å²) < 4.78 is 5.50. The molecular weight excluding hydrogens is 502 g/mol. The summed E-state index contributed by atoms with van der Waals surface area (Å²) in [5.41, 5.74) is 2.29. The zero-order valence-electron chi connectivity index (χ0n) is 26.1. The number of carbonyl (C=O) groups excluding carboxylic acids is 3. The molecule has 2 atom stereocenters. The fourth-order valence-electron chi connectivity index (χ4n) is 4.72. The van der Waals surface area contributed by atoms with Gasteiger partial charge in [-0.25, -0.2) is 4.79 Å². The maximum Gasteiger partial charge on any atom is 0.408 e. The molecule has 40 heavy (non-hydrogen) atoms. The van der Waals surface area contributed by atoms with E-state index in [-0.39, 0.29) is 17.7 Å². The van der Waals surface area contributed by atoms with Crippen molar-refractivity contribution in [2.24, 2.45) is 5.92 Å². The molecule has 0 heterocycles. The molecule has 0 spiro atoms. The lowest BCUT2D eigenvalue weighted by atomic mass is 9.90. The number of ether oxygens (including phenoxy) is 1. The average molecular weight is 552 g/mol. The molecule has 0 aliphatic heterocycles. The normalized spacial score (nSPS) is 13.4. The Kier molecular flexibility index (Phi) is 11.4. The van der Waals surface area contributed by atoms with Crippen LogP contribution in [-0.2, 0) is 20.9 Å². The first kappa shape index (κ1) is 32.9. The summed E-state index contributed by atoms with van der Waals surface area (Å²) in [4.78, 5) is 43.1. The predicted molar refractivity (Wildman–Crippen MR) is 161 cm³/mol. The number of amides is 3. The molecule has 0 bridgehead atoms. The molecule has 2 aromatic carbocycles. The van der Waals surface area contributed by atoms with Gasteiger partial charge >= 0.3 is 6.09 Å². The molecule has 2 unspecified atom stereocenters. The highest BCUT2D eigenvalue weighted by atomic mass is 16.6. The monoisotopic (exact) mass is 551 g/mol. The summed E-state index contributed by atoms with van der Waals surface area (Å²) in [6, 6.07) is 13.9. The SMILES string of the molecule is CCC(C)(C)N(C(=O)C(CC(C)C)NC(=O)OC(C)(C)C)C(C(=O)NCc1ccccc1)c1cc(C)cc(C)c1. The number of nitrogens with one attached hydrogen (secondary N) is 2. The Bertz CT molecular complexity index is 1130. The number of rotatable bonds is 11. The van der Waals surface area contributed by atoms with Crippen LogP contribution in [0.15, 0.2) is 48.5 Å². The molecule has 7 nitrogen and oxygen atoms in total. The van der Waals surface area contributed by atoms with E-state index in [0.29, 0.717) is 19.4 Å². The number of carbonyl (C=O) groups is 3. The molecule has 0 fully saturated rings. The zero-order chi connectivity index (χ0) is 30.3. The van der Waals surface area contributed by atoms with Gasteiger partial charge in [0.15, 0.2) is 0 Å². The van der Waals surface area contributed by atoms with Gasteiger partial charge in [-0.3, -0.25) is 9.59 Å². The van der Waals surface area contributed by atoms with E-state index >= 15 is 0 Å². The van der Waals surface area contributed by atoms with E-state index in [1.165, 1.54) is 0 Å². The van der Waals surface area contributed by atoms with Crippen molar-refractivity contribution in [3.05, 3.63) is 70.8 Å². The highest BCUT2D eigenvalue weighted by Gasteiger charge is 2.43. The minimum Gasteiger partial charge on any atom is -0.444 e. The van der Waals surface area contributed by atoms with Crippen molar-refractivity contribution in [1.29, 1.82) is 0 Å². The minimum atomic E-state index is -0.903. The third-order valence-corrected chi connectivity index (χ3v) is 6.83. The van der Waals surface area contributed by atoms with E-state index < -0.39 is 29.3 Å². The number of nitrogens with zero attached hydrogens (tertiary/aromatic N) is 1. The second-order valence-corrected chi connectivity index (χ2v) is 12.7. The van der Waals surface area contributed by atoms with Gasteiger partial charge in [-0.15, -0.1) is 0 Å². The van der Waals surface area contributed by atoms with E-state index in [1.54, 1.807) is 25.7 Å². The number of hydrogen-bond donors (Lipinski definition) is 2. The van der Waals surface area contributed by atoms with E-state index in [9.17, 15) is 14.4 Å². The maximum atomic E-state index is 14.5. The molecule has 220 valence electrons. The third-order valence-electron chi connectivity index (χ3n) is 6.83. The number of hydrogen-bond acceptors (Lipinski definition) is 4. The van der Waals surface area contributed by atoms with Crippen LogP contribution in [0.1, 0.15) is 96.5 Å². The zero-order valence-corrected chi connectivity index (χ0v) is 26.1. The molecule has 2 aromatic rings. The Morgan fingerprint density at radius 3 is 2.00 bits per heavy atom. The smallest absolute Gasteiger partial charge is 0.408 e. The van der Waals surface area contributed by atoms with Crippen LogP contribution in [0, 0.1) is 19.8 Å². The summed E-state index contributed by atoms with van der Waals surface area (Å²) in [6.45, 7) is 19.6. The molecule has 0 saturated carbocycles. The standard InChI is InChI=1S/C33H49N3O4/c1-11-33(9,10)36(30(38)27(17-22(2)3)35-31(39)40-32(6,7)8)28(26-19-23(4)18-24(5)20-26)29(37)34-21-25-15-13-12-14-16-25/h12-16,18-20,22,27-28H,11,17,21H2,1-10H3,(H,34,37)(H,35,39). The molecule has 0 saturated heterocycles. The molecule has 0 aromatic heterocycles. The molecule has 3 amide bonds. The van der Waals surface area contributed by atoms with Crippen LogP contribution in [0.5, 0.6) is 0 Å². The van der Waals surface area contributed by atoms with Crippen LogP contribution >= 0.6 is 0 Å². The topological polar surface area (TPSA) is 87.7 Å². The van der Waals surface area contributed by atoms with Crippen LogP contribution in [0.25, 0.3) is 0 Å². The van der Waals surface area contributed by atoms with Crippen LogP contribution in [0.4, 0.5) is 4.79 Å². The number of benzene rings is 2. The lowest BCUT2D eigenvalue weighted by Gasteiger charge is -2.45. The van der Waals surface area contributed by atoms with Crippen LogP contribution in [0.3, 0.4) is 0 Å². The summed E-state index contributed by atoms with van der Waals surface area (Å²) in [5.74, 6) is -0.475. The van der Waals surface area contributed by atoms with E-state index in [1.807, 2.05) is 97.0 Å². The first-order valence-corrected chi connectivity index (χ1v) is 14.3. The molecule has 7 heteroatoms. The molecular formula is C33H49N3O4. The van der Waals surface area contributed by atoms with Crippen molar-refractivity contribution >= 4 is 17.9 Å². The summed E-state index contributed by atoms with van der Waals surface area (Å²) in [7, 11) is 0. The van der Waals surface area contributed by atoms with Crippen LogP contribution in [0.2, 0.25) is 0 Å². The van der Waals surface area contributed by atoms with Crippen molar-refractivity contribution in [3.63, 3.8) is 0 Å². The van der Waals surface area contributed by atoms with Gasteiger partial charge in [0.1, 0.15) is 17.7 Å². The van der Waals surface area contributed by atoms with E-state index in [0.717, 1.165) is 22.3 Å². The van der Waals surface area contributed by atoms with Gasteiger partial charge in [0, 0.05) is 12.1 Å². The molecule has 0 aliphatic rings. The van der Waals surface area contributed by atoms with Crippen molar-refractivity contribution in [2.45, 2.75) is 112 Å². The highest BCUT2D eigenvalue weighted by Crippen LogP contribution is 2.33. The average Bonchev–Trinajstić information content (AvgIpc) is 2.83. The van der Waals surface area contributed by atoms with Gasteiger partial charge < -0.3 is 20.3 Å². The molecule has 2 rings (SSSR count). The maximum absolute atomic E-state index is 14.5. The lowest BCUT2D eigenvalue weighted by molar-refractivity contribution is -0.149. The van der Waals surface area contributed by atoms with Crippen molar-refractivity contribution in [1.82, 2.24) is 15.5 Å². The Balaban J connectivity index is 2.61. The van der Waals surface area contributed by atoms with Crippen LogP contribution in [-0.4, -0.2) is 40.0 Å². The first-order chi connectivity index (χ1) is 18.5. The lowest BCUT2D eigenvalue weighted by Crippen LogP contribution is -2.59. The predicted octanol–water partition coefficient (Wildman–Crippen LogP) is 6.62. The van der Waals surface area contributed by atoms with Gasteiger partial charge in [-0.1, -0.05) is 80.4 Å². The Morgan fingerprint density at radius 1 is 0.925 bits per heavy atom. The number of aryl methyl sites for hydroxylation is 2. The van der Waals surface area contributed by atoms with Gasteiger partial charge in [0.05, 0.1) is 0 Å². The van der Waals surface area contributed by atoms with Crippen molar-refractivity contribution in [3.8, 4) is 0 Å². The Hall–Kier alpha value is -3.35. The molecule has 2 N–H and O–H groups in total. The van der Waals surface area contributed by atoms with Crippen LogP contribution < -0.4 is 10.6 Å². The highest BCUT2D eigenvalue weighted by molar-refractivity contribution is 5.92. The van der Waals surface area contributed by atoms with Gasteiger partial charge in [-0.05, 0) is 78.4 Å². The summed E-state index contributed by atoms with van der Waals surface area (Å²) >= 11 is 0. The second kappa shape index (κ2) is 13.8. The van der Waals surface area contributed by atoms with Gasteiger partial charge in [0.2, 0.25) is 11.8 Å². The summed E-state index contributed by atoms with van der Waals surface area (Å²) in [5, 5.41) is 5.90. The first-order valence-electron chi connectivity index (χ1n) is 14.3. The summed E-state index contributed by atoms with van der Waals surface area (Å²) in [6.07, 6.45) is 0.351. The van der Waals surface area contributed by atoms with Gasteiger partial charge in [0.25, 0.3) is 0 Å². The fraction of sp³-hybridized carbons (Fsp3) is 0.545. The van der Waals surface area contributed by atoms with E-state index in [2.05, 4.69) is 10.6 Å². The largest absolute Gasteiger partial charge is 0.444 e. The Labute approximate surface area is 241 Å². The van der Waals surface area contributed by atoms with Gasteiger partial charge in [-0.2, -0.15) is 0 Å².